The number of benzene rings is 2. The predicted molar refractivity (Wildman–Crippen MR) is 146 cm³/mol. The second-order valence-corrected chi connectivity index (χ2v) is 9.53. The van der Waals surface area contributed by atoms with Gasteiger partial charge in [-0.3, -0.25) is 19.2 Å². The van der Waals surface area contributed by atoms with Crippen LogP contribution in [0.15, 0.2) is 54.6 Å². The number of rotatable bonds is 17. The molecular formula is C29H35N3O9. The standard InChI is InChI=1S/C29H35N3O9/c1-2-40-20-13-11-19(12-14-20)17-22(29(38)39)32-28(37)25-24(41-25)27(36)31-21(9-6-10-23(33)34)26(35)30-16-15-18-7-4-3-5-8-18/h3-5,7-8,11-14,21-22,24-25H,2,6,9-10,15-17H2,1H3,(H,30,35)(H,31,36)(H,32,37)(H,33,34)(H,38,39)/t21-,22-,24-,25-/m0/s1. The van der Waals surface area contributed by atoms with Crippen molar-refractivity contribution in [1.82, 2.24) is 16.0 Å². The van der Waals surface area contributed by atoms with Gasteiger partial charge in [-0.1, -0.05) is 42.5 Å². The van der Waals surface area contributed by atoms with Crippen molar-refractivity contribution in [2.75, 3.05) is 13.2 Å². The molecule has 1 saturated heterocycles. The summed E-state index contributed by atoms with van der Waals surface area (Å²) in [5, 5.41) is 26.2. The molecule has 0 spiro atoms. The fourth-order valence-corrected chi connectivity index (χ4v) is 4.17. The molecule has 0 bridgehead atoms. The average molecular weight is 570 g/mol. The van der Waals surface area contributed by atoms with Gasteiger partial charge in [-0.25, -0.2) is 4.79 Å². The van der Waals surface area contributed by atoms with Crippen LogP contribution in [0.4, 0.5) is 0 Å². The van der Waals surface area contributed by atoms with Gasteiger partial charge < -0.3 is 35.6 Å². The first-order chi connectivity index (χ1) is 19.7. The molecule has 12 heteroatoms. The van der Waals surface area contributed by atoms with Crippen LogP contribution < -0.4 is 20.7 Å². The lowest BCUT2D eigenvalue weighted by atomic mass is 10.1. The number of carboxylic acid groups (broad SMARTS) is 2. The van der Waals surface area contributed by atoms with E-state index >= 15 is 0 Å². The molecule has 3 amide bonds. The lowest BCUT2D eigenvalue weighted by Crippen LogP contribution is -2.49. The smallest absolute Gasteiger partial charge is 0.326 e. The summed E-state index contributed by atoms with van der Waals surface area (Å²) in [6.07, 6.45) is -1.80. The summed E-state index contributed by atoms with van der Waals surface area (Å²) >= 11 is 0. The molecule has 1 fully saturated rings. The molecule has 1 heterocycles. The normalized spacial score (nSPS) is 17.0. The van der Waals surface area contributed by atoms with Crippen LogP contribution in [-0.2, 0) is 41.6 Å². The molecule has 0 aliphatic carbocycles. The zero-order valence-electron chi connectivity index (χ0n) is 22.7. The minimum Gasteiger partial charge on any atom is -0.494 e. The van der Waals surface area contributed by atoms with Crippen LogP contribution in [0.2, 0.25) is 0 Å². The zero-order valence-corrected chi connectivity index (χ0v) is 22.7. The minimum atomic E-state index is -1.26. The third-order valence-corrected chi connectivity index (χ3v) is 6.37. The molecule has 0 radical (unpaired) electrons. The molecule has 0 aromatic heterocycles. The van der Waals surface area contributed by atoms with E-state index in [-0.39, 0.29) is 25.7 Å². The van der Waals surface area contributed by atoms with E-state index in [9.17, 15) is 29.1 Å². The molecule has 1 aliphatic rings. The van der Waals surface area contributed by atoms with Gasteiger partial charge in [0, 0.05) is 19.4 Å². The molecule has 3 rings (SSSR count). The van der Waals surface area contributed by atoms with Crippen molar-refractivity contribution in [2.24, 2.45) is 0 Å². The number of nitrogens with one attached hydrogen (secondary N) is 3. The Hall–Kier alpha value is -4.45. The second-order valence-electron chi connectivity index (χ2n) is 9.53. The van der Waals surface area contributed by atoms with E-state index in [0.717, 1.165) is 5.56 Å². The van der Waals surface area contributed by atoms with E-state index in [1.807, 2.05) is 37.3 Å². The Kier molecular flexibility index (Phi) is 11.6. The number of amides is 3. The highest BCUT2D eigenvalue weighted by molar-refractivity contribution is 5.98. The molecule has 41 heavy (non-hydrogen) atoms. The fraction of sp³-hybridized carbons (Fsp3) is 0.414. The van der Waals surface area contributed by atoms with Crippen molar-refractivity contribution >= 4 is 29.7 Å². The van der Waals surface area contributed by atoms with Gasteiger partial charge in [0.1, 0.15) is 17.8 Å². The molecule has 5 N–H and O–H groups in total. The number of ether oxygens (including phenoxy) is 2. The maximum Gasteiger partial charge on any atom is 0.326 e. The monoisotopic (exact) mass is 569 g/mol. The lowest BCUT2D eigenvalue weighted by molar-refractivity contribution is -0.142. The van der Waals surface area contributed by atoms with Gasteiger partial charge >= 0.3 is 11.9 Å². The number of carboxylic acids is 2. The number of carbonyl (C=O) groups excluding carboxylic acids is 3. The van der Waals surface area contributed by atoms with Crippen molar-refractivity contribution in [3.63, 3.8) is 0 Å². The van der Waals surface area contributed by atoms with Crippen LogP contribution >= 0.6 is 0 Å². The van der Waals surface area contributed by atoms with Crippen molar-refractivity contribution in [3.8, 4) is 5.75 Å². The Bertz CT molecular complexity index is 1200. The lowest BCUT2D eigenvalue weighted by Gasteiger charge is -2.18. The number of carbonyl (C=O) groups is 5. The Balaban J connectivity index is 1.52. The Morgan fingerprint density at radius 2 is 1.51 bits per heavy atom. The summed E-state index contributed by atoms with van der Waals surface area (Å²) < 4.78 is 10.6. The highest BCUT2D eigenvalue weighted by Crippen LogP contribution is 2.23. The van der Waals surface area contributed by atoms with E-state index in [1.165, 1.54) is 0 Å². The van der Waals surface area contributed by atoms with Gasteiger partial charge in [-0.05, 0) is 49.4 Å². The first kappa shape index (κ1) is 31.1. The van der Waals surface area contributed by atoms with Crippen molar-refractivity contribution < 1.29 is 43.7 Å². The van der Waals surface area contributed by atoms with Crippen LogP contribution in [0.25, 0.3) is 0 Å². The van der Waals surface area contributed by atoms with Gasteiger partial charge in [0.2, 0.25) is 5.91 Å². The van der Waals surface area contributed by atoms with Crippen LogP contribution in [0.1, 0.15) is 37.3 Å². The molecule has 4 atom stereocenters. The Morgan fingerprint density at radius 3 is 2.10 bits per heavy atom. The van der Waals surface area contributed by atoms with Crippen molar-refractivity contribution in [1.29, 1.82) is 0 Å². The van der Waals surface area contributed by atoms with Crippen LogP contribution in [-0.4, -0.2) is 77.3 Å². The predicted octanol–water partition coefficient (Wildman–Crippen LogP) is 1.06. The van der Waals surface area contributed by atoms with E-state index in [2.05, 4.69) is 16.0 Å². The molecule has 0 saturated carbocycles. The summed E-state index contributed by atoms with van der Waals surface area (Å²) in [6, 6.07) is 14.0. The largest absolute Gasteiger partial charge is 0.494 e. The number of hydrogen-bond acceptors (Lipinski definition) is 7. The zero-order chi connectivity index (χ0) is 29.8. The van der Waals surface area contributed by atoms with Crippen molar-refractivity contribution in [3.05, 3.63) is 65.7 Å². The summed E-state index contributed by atoms with van der Waals surface area (Å²) in [4.78, 5) is 60.9. The maximum atomic E-state index is 12.8. The van der Waals surface area contributed by atoms with Crippen LogP contribution in [0.3, 0.4) is 0 Å². The Morgan fingerprint density at radius 1 is 0.878 bits per heavy atom. The summed E-state index contributed by atoms with van der Waals surface area (Å²) in [7, 11) is 0. The molecule has 0 unspecified atom stereocenters. The first-order valence-corrected chi connectivity index (χ1v) is 13.4. The van der Waals surface area contributed by atoms with Gasteiger partial charge in [0.25, 0.3) is 11.8 Å². The topological polar surface area (TPSA) is 184 Å². The highest BCUT2D eigenvalue weighted by Gasteiger charge is 2.51. The molecule has 2 aromatic carbocycles. The van der Waals surface area contributed by atoms with E-state index in [4.69, 9.17) is 14.6 Å². The summed E-state index contributed by atoms with van der Waals surface area (Å²) in [5.74, 6) is -3.61. The fourth-order valence-electron chi connectivity index (χ4n) is 4.17. The summed E-state index contributed by atoms with van der Waals surface area (Å²) in [5.41, 5.74) is 1.68. The van der Waals surface area contributed by atoms with E-state index in [1.54, 1.807) is 24.3 Å². The number of hydrogen-bond donors (Lipinski definition) is 5. The molecule has 2 aromatic rings. The van der Waals surface area contributed by atoms with E-state index < -0.39 is 54.0 Å². The van der Waals surface area contributed by atoms with Crippen molar-refractivity contribution in [2.45, 2.75) is 63.3 Å². The van der Waals surface area contributed by atoms with Gasteiger partial charge in [0.15, 0.2) is 12.2 Å². The van der Waals surface area contributed by atoms with E-state index in [0.29, 0.717) is 30.9 Å². The van der Waals surface area contributed by atoms with Crippen LogP contribution in [0.5, 0.6) is 5.75 Å². The molecular weight excluding hydrogens is 534 g/mol. The van der Waals surface area contributed by atoms with Gasteiger partial charge in [-0.2, -0.15) is 0 Å². The van der Waals surface area contributed by atoms with Gasteiger partial charge in [0.05, 0.1) is 6.61 Å². The Labute approximate surface area is 237 Å². The summed E-state index contributed by atoms with van der Waals surface area (Å²) in [6.45, 7) is 2.65. The third kappa shape index (κ3) is 10.2. The second kappa shape index (κ2) is 15.4. The van der Waals surface area contributed by atoms with Crippen LogP contribution in [0, 0.1) is 0 Å². The highest BCUT2D eigenvalue weighted by atomic mass is 16.6. The average Bonchev–Trinajstić information content (AvgIpc) is 3.75. The molecule has 12 nitrogen and oxygen atoms in total. The number of aliphatic carboxylic acids is 2. The van der Waals surface area contributed by atoms with Gasteiger partial charge in [-0.15, -0.1) is 0 Å². The maximum absolute atomic E-state index is 12.8. The first-order valence-electron chi connectivity index (χ1n) is 13.4. The number of epoxide rings is 1. The minimum absolute atomic E-state index is 0.00582. The quantitative estimate of drug-likeness (QED) is 0.174. The molecule has 1 aliphatic heterocycles. The SMILES string of the molecule is CCOc1ccc(C[C@H](NC(=O)[C@H]2O[C@@H]2C(=O)N[C@@H](CCCC(=O)O)C(=O)NCCc2ccccc2)C(=O)O)cc1. The third-order valence-electron chi connectivity index (χ3n) is 6.37. The molecule has 220 valence electrons.